The Bertz CT molecular complexity index is 720. The van der Waals surface area contributed by atoms with Crippen LogP contribution >= 0.6 is 0 Å². The van der Waals surface area contributed by atoms with E-state index in [0.717, 1.165) is 31.6 Å². The van der Waals surface area contributed by atoms with E-state index in [0.29, 0.717) is 35.7 Å². The Hall–Kier alpha value is -2.18. The van der Waals surface area contributed by atoms with Crippen LogP contribution in [0, 0.1) is 6.92 Å². The summed E-state index contributed by atoms with van der Waals surface area (Å²) in [6, 6.07) is 7.51. The van der Waals surface area contributed by atoms with Crippen LogP contribution in [-0.2, 0) is 22.5 Å². The quantitative estimate of drug-likeness (QED) is 0.868. The maximum absolute atomic E-state index is 12.7. The minimum Gasteiger partial charge on any atom is -0.381 e. The van der Waals surface area contributed by atoms with Gasteiger partial charge in [0.1, 0.15) is 11.4 Å². The topological polar surface area (TPSA) is 73.6 Å². The van der Waals surface area contributed by atoms with Crippen molar-refractivity contribution in [2.24, 2.45) is 0 Å². The van der Waals surface area contributed by atoms with Gasteiger partial charge in [-0.1, -0.05) is 30.3 Å². The predicted octanol–water partition coefficient (Wildman–Crippen LogP) is 3.49. The molecule has 1 aromatic carbocycles. The van der Waals surface area contributed by atoms with Crippen LogP contribution in [0.5, 0.6) is 0 Å². The highest BCUT2D eigenvalue weighted by Gasteiger charge is 2.19. The van der Waals surface area contributed by atoms with Gasteiger partial charge in [0.05, 0.1) is 12.7 Å². The fraction of sp³-hybridized carbons (Fsp3) is 0.474. The van der Waals surface area contributed by atoms with Gasteiger partial charge in [0.25, 0.3) is 5.91 Å². The first-order valence-corrected chi connectivity index (χ1v) is 8.72. The molecule has 134 valence electrons. The summed E-state index contributed by atoms with van der Waals surface area (Å²) in [5, 5.41) is 6.86. The van der Waals surface area contributed by atoms with Gasteiger partial charge in [0.2, 0.25) is 0 Å². The third-order valence-electron chi connectivity index (χ3n) is 4.40. The minimum atomic E-state index is -0.174. The number of nitrogens with zero attached hydrogens (tertiary/aromatic N) is 1. The smallest absolute Gasteiger partial charge is 0.256 e. The van der Waals surface area contributed by atoms with Gasteiger partial charge in [-0.3, -0.25) is 4.79 Å². The van der Waals surface area contributed by atoms with Crippen molar-refractivity contribution in [2.75, 3.05) is 18.5 Å². The average Bonchev–Trinajstić information content (AvgIpc) is 3.01. The zero-order valence-electron chi connectivity index (χ0n) is 14.7. The highest BCUT2D eigenvalue weighted by atomic mass is 16.5. The number of nitrogens with one attached hydrogen (secondary N) is 1. The summed E-state index contributed by atoms with van der Waals surface area (Å²) in [7, 11) is 0. The van der Waals surface area contributed by atoms with Gasteiger partial charge in [-0.2, -0.15) is 0 Å². The molecule has 0 atom stereocenters. The van der Waals surface area contributed by atoms with Crippen LogP contribution in [0.1, 0.15) is 47.1 Å². The second kappa shape index (κ2) is 8.27. The van der Waals surface area contributed by atoms with Gasteiger partial charge in [-0.05, 0) is 31.4 Å². The SMILES string of the molecule is CCc1onc(C)c1NC(=O)c1ccccc1COC1CCOCC1. The molecule has 6 nitrogen and oxygen atoms in total. The molecule has 0 aliphatic carbocycles. The van der Waals surface area contributed by atoms with Crippen LogP contribution in [0.3, 0.4) is 0 Å². The van der Waals surface area contributed by atoms with Crippen molar-refractivity contribution < 1.29 is 18.8 Å². The summed E-state index contributed by atoms with van der Waals surface area (Å²) in [4.78, 5) is 12.7. The lowest BCUT2D eigenvalue weighted by atomic mass is 10.1. The van der Waals surface area contributed by atoms with E-state index in [2.05, 4.69) is 10.5 Å². The maximum atomic E-state index is 12.7. The van der Waals surface area contributed by atoms with Crippen molar-refractivity contribution in [1.82, 2.24) is 5.16 Å². The molecule has 25 heavy (non-hydrogen) atoms. The molecule has 2 heterocycles. The number of anilines is 1. The Labute approximate surface area is 147 Å². The lowest BCUT2D eigenvalue weighted by Gasteiger charge is -2.22. The largest absolute Gasteiger partial charge is 0.381 e. The van der Waals surface area contributed by atoms with Crippen molar-refractivity contribution in [3.63, 3.8) is 0 Å². The molecule has 2 aromatic rings. The van der Waals surface area contributed by atoms with E-state index in [-0.39, 0.29) is 12.0 Å². The minimum absolute atomic E-state index is 0.174. The van der Waals surface area contributed by atoms with Crippen LogP contribution in [0.4, 0.5) is 5.69 Å². The number of hydrogen-bond donors (Lipinski definition) is 1. The number of aromatic nitrogens is 1. The zero-order chi connectivity index (χ0) is 17.6. The highest BCUT2D eigenvalue weighted by molar-refractivity contribution is 6.05. The van der Waals surface area contributed by atoms with E-state index in [1.807, 2.05) is 38.1 Å². The Morgan fingerprint density at radius 2 is 2.08 bits per heavy atom. The molecule has 1 saturated heterocycles. The number of aryl methyl sites for hydroxylation is 2. The predicted molar refractivity (Wildman–Crippen MR) is 93.6 cm³/mol. The van der Waals surface area contributed by atoms with Crippen molar-refractivity contribution in [2.45, 2.75) is 45.8 Å². The van der Waals surface area contributed by atoms with E-state index < -0.39 is 0 Å². The van der Waals surface area contributed by atoms with Crippen LogP contribution in [0.25, 0.3) is 0 Å². The van der Waals surface area contributed by atoms with Crippen molar-refractivity contribution in [3.05, 3.63) is 46.8 Å². The third-order valence-corrected chi connectivity index (χ3v) is 4.40. The van der Waals surface area contributed by atoms with Gasteiger partial charge >= 0.3 is 0 Å². The van der Waals surface area contributed by atoms with Gasteiger partial charge < -0.3 is 19.3 Å². The summed E-state index contributed by atoms with van der Waals surface area (Å²) in [5.74, 6) is 0.508. The number of ether oxygens (including phenoxy) is 2. The van der Waals surface area contributed by atoms with Gasteiger partial charge in [0, 0.05) is 25.2 Å². The number of hydrogen-bond acceptors (Lipinski definition) is 5. The summed E-state index contributed by atoms with van der Waals surface area (Å²) >= 11 is 0. The molecule has 1 aliphatic rings. The Morgan fingerprint density at radius 3 is 2.84 bits per heavy atom. The molecule has 0 radical (unpaired) electrons. The Balaban J connectivity index is 1.70. The van der Waals surface area contributed by atoms with E-state index >= 15 is 0 Å². The van der Waals surface area contributed by atoms with Crippen molar-refractivity contribution >= 4 is 11.6 Å². The van der Waals surface area contributed by atoms with Crippen molar-refractivity contribution in [1.29, 1.82) is 0 Å². The first-order valence-electron chi connectivity index (χ1n) is 8.72. The first kappa shape index (κ1) is 17.6. The van der Waals surface area contributed by atoms with Crippen molar-refractivity contribution in [3.8, 4) is 0 Å². The maximum Gasteiger partial charge on any atom is 0.256 e. The zero-order valence-corrected chi connectivity index (χ0v) is 14.7. The fourth-order valence-corrected chi connectivity index (χ4v) is 2.92. The van der Waals surface area contributed by atoms with Crippen LogP contribution in [-0.4, -0.2) is 30.4 Å². The summed E-state index contributed by atoms with van der Waals surface area (Å²) < 4.78 is 16.6. The van der Waals surface area contributed by atoms with Gasteiger partial charge in [0.15, 0.2) is 5.76 Å². The molecule has 0 bridgehead atoms. The molecule has 1 N–H and O–H groups in total. The molecule has 3 rings (SSSR count). The second-order valence-electron chi connectivity index (χ2n) is 6.15. The first-order chi connectivity index (χ1) is 12.2. The van der Waals surface area contributed by atoms with Gasteiger partial charge in [-0.15, -0.1) is 0 Å². The van der Waals surface area contributed by atoms with Crippen LogP contribution < -0.4 is 5.32 Å². The lowest BCUT2D eigenvalue weighted by molar-refractivity contribution is -0.0391. The summed E-state index contributed by atoms with van der Waals surface area (Å²) in [6.45, 7) is 5.67. The summed E-state index contributed by atoms with van der Waals surface area (Å²) in [5.41, 5.74) is 2.82. The number of rotatable bonds is 6. The molecular formula is C19H24N2O4. The van der Waals surface area contributed by atoms with E-state index in [1.165, 1.54) is 0 Å². The number of amides is 1. The number of carbonyl (C=O) groups is 1. The third kappa shape index (κ3) is 4.27. The van der Waals surface area contributed by atoms with E-state index in [1.54, 1.807) is 0 Å². The molecule has 0 spiro atoms. The lowest BCUT2D eigenvalue weighted by Crippen LogP contribution is -2.24. The molecule has 1 aliphatic heterocycles. The summed E-state index contributed by atoms with van der Waals surface area (Å²) in [6.07, 6.45) is 2.66. The van der Waals surface area contributed by atoms with Gasteiger partial charge in [-0.25, -0.2) is 0 Å². The number of carbonyl (C=O) groups excluding carboxylic acids is 1. The highest BCUT2D eigenvalue weighted by Crippen LogP contribution is 2.22. The van der Waals surface area contributed by atoms with E-state index in [9.17, 15) is 4.79 Å². The monoisotopic (exact) mass is 344 g/mol. The Morgan fingerprint density at radius 1 is 1.32 bits per heavy atom. The molecule has 0 unspecified atom stereocenters. The fourth-order valence-electron chi connectivity index (χ4n) is 2.92. The second-order valence-corrected chi connectivity index (χ2v) is 6.15. The molecule has 1 fully saturated rings. The molecule has 1 aromatic heterocycles. The molecule has 0 saturated carbocycles. The normalized spacial score (nSPS) is 15.3. The standard InChI is InChI=1S/C19H24N2O4/c1-3-17-18(13(2)21-25-17)20-19(22)16-7-5-4-6-14(16)12-24-15-8-10-23-11-9-15/h4-7,15H,3,8-12H2,1-2H3,(H,20,22). The Kier molecular flexibility index (Phi) is 5.83. The van der Waals surface area contributed by atoms with Crippen LogP contribution in [0.2, 0.25) is 0 Å². The average molecular weight is 344 g/mol. The molecular weight excluding hydrogens is 320 g/mol. The number of benzene rings is 1. The molecule has 1 amide bonds. The van der Waals surface area contributed by atoms with Crippen LogP contribution in [0.15, 0.2) is 28.8 Å². The molecule has 6 heteroatoms. The van der Waals surface area contributed by atoms with E-state index in [4.69, 9.17) is 14.0 Å².